The molecule has 0 aromatic heterocycles. The smallest absolute Gasteiger partial charge is 0.394 e. The van der Waals surface area contributed by atoms with Crippen LogP contribution in [0.4, 0.5) is 4.39 Å². The van der Waals surface area contributed by atoms with Gasteiger partial charge < -0.3 is 36.0 Å². The normalized spacial score (nSPS) is 45.1. The monoisotopic (exact) mass is 346 g/mol. The zero-order chi connectivity index (χ0) is 16.5. The fraction of sp³-hybridized carbons (Fsp3) is 1.00. The maximum atomic E-state index is 13.7. The second kappa shape index (κ2) is 7.14. The van der Waals surface area contributed by atoms with Gasteiger partial charge in [0.1, 0.15) is 30.8 Å². The summed E-state index contributed by atoms with van der Waals surface area (Å²) in [5.41, 5.74) is 10.7. The minimum atomic E-state index is -4.67. The van der Waals surface area contributed by atoms with Crippen LogP contribution in [0, 0.1) is 0 Å². The van der Waals surface area contributed by atoms with Crippen LogP contribution in [0.5, 0.6) is 0 Å². The lowest BCUT2D eigenvalue weighted by molar-refractivity contribution is -0.0378. The van der Waals surface area contributed by atoms with Gasteiger partial charge in [0.15, 0.2) is 6.17 Å². The number of hydrogen-bond donors (Lipinski definition) is 5. The fourth-order valence-electron chi connectivity index (χ4n) is 2.28. The van der Waals surface area contributed by atoms with Crippen LogP contribution in [0.25, 0.3) is 0 Å². The van der Waals surface area contributed by atoms with E-state index in [1.807, 2.05) is 0 Å². The van der Waals surface area contributed by atoms with Crippen molar-refractivity contribution in [2.45, 2.75) is 49.5 Å². The van der Waals surface area contributed by atoms with Gasteiger partial charge in [-0.1, -0.05) is 0 Å². The van der Waals surface area contributed by atoms with Gasteiger partial charge >= 0.3 is 7.82 Å². The Balaban J connectivity index is 1.89. The van der Waals surface area contributed by atoms with Gasteiger partial charge in [0.25, 0.3) is 0 Å². The van der Waals surface area contributed by atoms with Gasteiger partial charge in [-0.05, 0) is 0 Å². The highest BCUT2D eigenvalue weighted by Crippen LogP contribution is 2.47. The predicted octanol–water partition coefficient (Wildman–Crippen LogP) is -2.06. The minimum Gasteiger partial charge on any atom is -0.394 e. The summed E-state index contributed by atoms with van der Waals surface area (Å²) in [6.45, 7) is -1.11. The topological polar surface area (TPSA) is 167 Å². The quantitative estimate of drug-likeness (QED) is 0.337. The third kappa shape index (κ3) is 4.20. The van der Waals surface area contributed by atoms with Crippen molar-refractivity contribution in [1.29, 1.82) is 0 Å². The van der Waals surface area contributed by atoms with Crippen LogP contribution < -0.4 is 11.5 Å². The second-order valence-electron chi connectivity index (χ2n) is 5.12. The van der Waals surface area contributed by atoms with E-state index in [0.29, 0.717) is 0 Å². The molecule has 0 aromatic carbocycles. The maximum Gasteiger partial charge on any atom is 0.472 e. The highest BCUT2D eigenvalue weighted by Gasteiger charge is 2.48. The van der Waals surface area contributed by atoms with E-state index in [0.717, 1.165) is 0 Å². The highest BCUT2D eigenvalue weighted by molar-refractivity contribution is 7.47. The molecule has 7 N–H and O–H groups in total. The van der Waals surface area contributed by atoms with Crippen molar-refractivity contribution in [3.63, 3.8) is 0 Å². The number of ether oxygens (including phenoxy) is 2. The Morgan fingerprint density at radius 3 is 2.55 bits per heavy atom. The van der Waals surface area contributed by atoms with Gasteiger partial charge in [-0.3, -0.25) is 9.05 Å². The van der Waals surface area contributed by atoms with E-state index in [1.165, 1.54) is 0 Å². The van der Waals surface area contributed by atoms with Gasteiger partial charge in [0, 0.05) is 6.42 Å². The molecule has 2 rings (SSSR count). The van der Waals surface area contributed by atoms with Crippen LogP contribution >= 0.6 is 7.82 Å². The maximum absolute atomic E-state index is 13.7. The molecule has 2 aliphatic heterocycles. The summed E-state index contributed by atoms with van der Waals surface area (Å²) >= 11 is 0. The lowest BCUT2D eigenvalue weighted by Gasteiger charge is -2.22. The van der Waals surface area contributed by atoms with Crippen molar-refractivity contribution in [2.75, 3.05) is 13.2 Å². The molecule has 0 bridgehead atoms. The average molecular weight is 346 g/mol. The lowest BCUT2D eigenvalue weighted by atomic mass is 10.2. The molecule has 0 saturated carbocycles. The number of nitrogens with two attached hydrogens (primary N) is 2. The Hall–Kier alpha value is -0.200. The van der Waals surface area contributed by atoms with E-state index >= 15 is 0 Å². The number of alkyl halides is 1. The van der Waals surface area contributed by atoms with E-state index in [2.05, 4.69) is 9.05 Å². The third-order valence-corrected chi connectivity index (χ3v) is 4.40. The van der Waals surface area contributed by atoms with E-state index in [4.69, 9.17) is 26.0 Å². The molecule has 8 atom stereocenters. The largest absolute Gasteiger partial charge is 0.472 e. The van der Waals surface area contributed by atoms with Crippen LogP contribution in [0.1, 0.15) is 6.42 Å². The molecule has 2 aliphatic rings. The molecule has 2 fully saturated rings. The van der Waals surface area contributed by atoms with Crippen LogP contribution in [-0.2, 0) is 23.1 Å². The van der Waals surface area contributed by atoms with Gasteiger partial charge in [0.05, 0.1) is 19.3 Å². The summed E-state index contributed by atoms with van der Waals surface area (Å²) in [4.78, 5) is 9.60. The Morgan fingerprint density at radius 1 is 1.32 bits per heavy atom. The summed E-state index contributed by atoms with van der Waals surface area (Å²) in [6, 6.07) is 0. The number of phosphoric acid groups is 1. The van der Waals surface area contributed by atoms with Crippen LogP contribution in [0.3, 0.4) is 0 Å². The molecule has 0 amide bonds. The van der Waals surface area contributed by atoms with Gasteiger partial charge in [-0.25, -0.2) is 8.96 Å². The summed E-state index contributed by atoms with van der Waals surface area (Å²) < 4.78 is 44.9. The standard InChI is InChI=1S/C10H20FN2O8P/c11-8-9(5(2-14)20-10(8)13)21-22(16,17)18-3-6-4(15)1-7(12)19-6/h4-10,14-15H,1-3,12-13H2,(H,16,17)/t4-,5-,6-,7-,8+,9?,10-/m1/s1. The minimum absolute atomic E-state index is 0.162. The van der Waals surface area contributed by atoms with Crippen molar-refractivity contribution >= 4 is 7.82 Å². The van der Waals surface area contributed by atoms with E-state index < -0.39 is 64.1 Å². The molecule has 2 saturated heterocycles. The Morgan fingerprint density at radius 2 is 2.00 bits per heavy atom. The molecule has 22 heavy (non-hydrogen) atoms. The van der Waals surface area contributed by atoms with Crippen molar-refractivity contribution < 1.29 is 42.6 Å². The Labute approximate surface area is 125 Å². The molecule has 12 heteroatoms. The van der Waals surface area contributed by atoms with Crippen LogP contribution in [0.15, 0.2) is 0 Å². The second-order valence-corrected chi connectivity index (χ2v) is 6.52. The first kappa shape index (κ1) is 18.1. The summed E-state index contributed by atoms with van der Waals surface area (Å²) in [7, 11) is -4.67. The van der Waals surface area contributed by atoms with Crippen molar-refractivity contribution in [3.05, 3.63) is 0 Å². The Bertz CT molecular complexity index is 432. The van der Waals surface area contributed by atoms with Gasteiger partial charge in [0.2, 0.25) is 0 Å². The highest BCUT2D eigenvalue weighted by atomic mass is 31.2. The van der Waals surface area contributed by atoms with Crippen molar-refractivity contribution in [2.24, 2.45) is 11.5 Å². The molecule has 0 radical (unpaired) electrons. The first-order chi connectivity index (χ1) is 10.2. The zero-order valence-corrected chi connectivity index (χ0v) is 12.4. The number of aliphatic hydroxyl groups excluding tert-OH is 2. The number of aliphatic hydroxyl groups is 2. The first-order valence-corrected chi connectivity index (χ1v) is 8.14. The van der Waals surface area contributed by atoms with Crippen LogP contribution in [-0.4, -0.2) is 71.4 Å². The molecule has 10 nitrogen and oxygen atoms in total. The molecule has 0 spiro atoms. The number of hydrogen-bond acceptors (Lipinski definition) is 9. The van der Waals surface area contributed by atoms with Gasteiger partial charge in [-0.2, -0.15) is 0 Å². The average Bonchev–Trinajstić information content (AvgIpc) is 2.89. The molecule has 2 unspecified atom stereocenters. The molecular formula is C10H20FN2O8P. The molecule has 0 aromatic rings. The van der Waals surface area contributed by atoms with Crippen molar-refractivity contribution in [1.82, 2.24) is 0 Å². The number of phosphoric ester groups is 1. The van der Waals surface area contributed by atoms with E-state index in [1.54, 1.807) is 0 Å². The first-order valence-electron chi connectivity index (χ1n) is 6.64. The molecular weight excluding hydrogens is 326 g/mol. The van der Waals surface area contributed by atoms with Gasteiger partial charge in [-0.15, -0.1) is 0 Å². The summed E-state index contributed by atoms with van der Waals surface area (Å²) in [5, 5.41) is 18.6. The SMILES string of the molecule is N[C@@H]1O[C@H](CO)C(OP(=O)(O)OC[C@H]2O[C@@H](N)C[C@H]2O)[C@@H]1F. The number of halogens is 1. The predicted molar refractivity (Wildman–Crippen MR) is 69.0 cm³/mol. The summed E-state index contributed by atoms with van der Waals surface area (Å²) in [6.07, 6.45) is -8.38. The Kier molecular flexibility index (Phi) is 5.89. The van der Waals surface area contributed by atoms with E-state index in [9.17, 15) is 19.0 Å². The van der Waals surface area contributed by atoms with Crippen molar-refractivity contribution in [3.8, 4) is 0 Å². The fourth-order valence-corrected chi connectivity index (χ4v) is 3.24. The zero-order valence-electron chi connectivity index (χ0n) is 11.5. The van der Waals surface area contributed by atoms with Crippen LogP contribution in [0.2, 0.25) is 0 Å². The molecule has 130 valence electrons. The van der Waals surface area contributed by atoms with E-state index in [-0.39, 0.29) is 6.42 Å². The molecule has 0 aliphatic carbocycles. The summed E-state index contributed by atoms with van der Waals surface area (Å²) in [5.74, 6) is 0. The third-order valence-electron chi connectivity index (χ3n) is 3.42. The number of rotatable bonds is 6. The lowest BCUT2D eigenvalue weighted by Crippen LogP contribution is -2.36. The molecule has 2 heterocycles.